The Kier molecular flexibility index (Phi) is 6.06. The van der Waals surface area contributed by atoms with E-state index in [0.717, 1.165) is 23.3 Å². The molecule has 1 atom stereocenters. The van der Waals surface area contributed by atoms with Gasteiger partial charge in [-0.05, 0) is 32.0 Å². The second kappa shape index (κ2) is 8.53. The van der Waals surface area contributed by atoms with Crippen LogP contribution in [0.2, 0.25) is 0 Å². The molecule has 30 heavy (non-hydrogen) atoms. The number of esters is 1. The van der Waals surface area contributed by atoms with Crippen molar-refractivity contribution in [3.63, 3.8) is 0 Å². The third-order valence-corrected chi connectivity index (χ3v) is 4.60. The van der Waals surface area contributed by atoms with Crippen LogP contribution in [0.15, 0.2) is 72.8 Å². The summed E-state index contributed by atoms with van der Waals surface area (Å²) in [5.41, 5.74) is 1.44. The molecule has 3 aromatic carbocycles. The fourth-order valence-electron chi connectivity index (χ4n) is 2.88. The van der Waals surface area contributed by atoms with Crippen molar-refractivity contribution < 1.29 is 27.5 Å². The molecule has 0 saturated carbocycles. The summed E-state index contributed by atoms with van der Waals surface area (Å²) < 4.78 is 44.3. The number of alkyl halides is 3. The number of halogens is 3. The van der Waals surface area contributed by atoms with Crippen molar-refractivity contribution in [1.82, 2.24) is 0 Å². The van der Waals surface area contributed by atoms with E-state index < -0.39 is 29.6 Å². The van der Waals surface area contributed by atoms with E-state index in [9.17, 15) is 22.8 Å². The van der Waals surface area contributed by atoms with Gasteiger partial charge in [0.15, 0.2) is 6.10 Å². The van der Waals surface area contributed by atoms with Crippen LogP contribution < -0.4 is 0 Å². The summed E-state index contributed by atoms with van der Waals surface area (Å²) in [6.45, 7) is 3.74. The molecule has 0 unspecified atom stereocenters. The van der Waals surface area contributed by atoms with E-state index in [2.05, 4.69) is 0 Å². The first kappa shape index (κ1) is 21.3. The Balaban J connectivity index is 1.94. The van der Waals surface area contributed by atoms with E-state index in [4.69, 9.17) is 4.74 Å². The van der Waals surface area contributed by atoms with Crippen molar-refractivity contribution in [3.05, 3.63) is 106 Å². The number of carbonyl (C=O) groups excluding carboxylic acids is 2. The normalized spacial score (nSPS) is 12.3. The molecule has 0 aliphatic carbocycles. The number of ketones is 1. The molecule has 0 aromatic heterocycles. The monoisotopic (exact) mass is 412 g/mol. The van der Waals surface area contributed by atoms with Crippen LogP contribution in [0.25, 0.3) is 0 Å². The highest BCUT2D eigenvalue weighted by atomic mass is 19.4. The Morgan fingerprint density at radius 2 is 1.37 bits per heavy atom. The number of hydrogen-bond donors (Lipinski definition) is 0. The number of ether oxygens (including phenoxy) is 1. The molecule has 0 spiro atoms. The highest BCUT2D eigenvalue weighted by molar-refractivity contribution is 6.02. The lowest BCUT2D eigenvalue weighted by molar-refractivity contribution is -0.137. The van der Waals surface area contributed by atoms with Gasteiger partial charge in [0, 0.05) is 11.1 Å². The quantitative estimate of drug-likeness (QED) is 0.375. The van der Waals surface area contributed by atoms with Crippen molar-refractivity contribution in [2.75, 3.05) is 0 Å². The Morgan fingerprint density at radius 1 is 0.800 bits per heavy atom. The highest BCUT2D eigenvalue weighted by Crippen LogP contribution is 2.30. The average molecular weight is 412 g/mol. The summed E-state index contributed by atoms with van der Waals surface area (Å²) in [6.07, 6.45) is -5.87. The van der Waals surface area contributed by atoms with E-state index >= 15 is 0 Å². The number of rotatable bonds is 5. The predicted molar refractivity (Wildman–Crippen MR) is 106 cm³/mol. The SMILES string of the molecule is Cc1ccc(C(=O)[C@@H](OC(=O)c2cccc(C(F)(F)F)c2)c2ccc(C)cc2)cc1. The molecule has 0 N–H and O–H groups in total. The van der Waals surface area contributed by atoms with Gasteiger partial charge in [-0.2, -0.15) is 13.2 Å². The van der Waals surface area contributed by atoms with Gasteiger partial charge in [-0.3, -0.25) is 4.79 Å². The van der Waals surface area contributed by atoms with Crippen molar-refractivity contribution in [1.29, 1.82) is 0 Å². The van der Waals surface area contributed by atoms with Gasteiger partial charge in [0.2, 0.25) is 5.78 Å². The van der Waals surface area contributed by atoms with Crippen molar-refractivity contribution in [2.45, 2.75) is 26.1 Å². The van der Waals surface area contributed by atoms with E-state index in [1.54, 1.807) is 48.5 Å². The molecule has 0 bridgehead atoms. The van der Waals surface area contributed by atoms with Crippen LogP contribution in [0, 0.1) is 13.8 Å². The molecular weight excluding hydrogens is 393 g/mol. The van der Waals surface area contributed by atoms with Gasteiger partial charge in [-0.25, -0.2) is 4.79 Å². The molecule has 0 aliphatic rings. The van der Waals surface area contributed by atoms with Crippen LogP contribution in [0.4, 0.5) is 13.2 Å². The smallest absolute Gasteiger partial charge is 0.416 e. The Bertz CT molecular complexity index is 1050. The maximum atomic E-state index is 13.1. The zero-order valence-electron chi connectivity index (χ0n) is 16.4. The Labute approximate surface area is 172 Å². The molecule has 3 aromatic rings. The second-order valence-electron chi connectivity index (χ2n) is 7.00. The topological polar surface area (TPSA) is 43.4 Å². The number of hydrogen-bond acceptors (Lipinski definition) is 3. The van der Waals surface area contributed by atoms with Crippen molar-refractivity contribution in [2.24, 2.45) is 0 Å². The molecule has 3 nitrogen and oxygen atoms in total. The molecular formula is C24H19F3O3. The van der Waals surface area contributed by atoms with Crippen molar-refractivity contribution in [3.8, 4) is 0 Å². The van der Waals surface area contributed by atoms with Gasteiger partial charge in [0.1, 0.15) is 0 Å². The maximum Gasteiger partial charge on any atom is 0.416 e. The number of benzene rings is 3. The fourth-order valence-corrected chi connectivity index (χ4v) is 2.88. The standard InChI is InChI=1S/C24H19F3O3/c1-15-6-10-17(11-7-15)21(28)22(18-12-8-16(2)9-13-18)30-23(29)19-4-3-5-20(14-19)24(25,26)27/h3-14,22H,1-2H3/t22-/m0/s1. The maximum absolute atomic E-state index is 13.1. The van der Waals surface area contributed by atoms with Crippen LogP contribution in [-0.4, -0.2) is 11.8 Å². The number of carbonyl (C=O) groups is 2. The molecule has 154 valence electrons. The minimum absolute atomic E-state index is 0.279. The molecule has 6 heteroatoms. The first-order chi connectivity index (χ1) is 14.1. The van der Waals surface area contributed by atoms with Gasteiger partial charge in [0.25, 0.3) is 0 Å². The average Bonchev–Trinajstić information content (AvgIpc) is 2.72. The molecule has 0 heterocycles. The Morgan fingerprint density at radius 3 is 1.93 bits per heavy atom. The predicted octanol–water partition coefficient (Wildman–Crippen LogP) is 6.10. The van der Waals surface area contributed by atoms with E-state index in [0.29, 0.717) is 17.2 Å². The van der Waals surface area contributed by atoms with Gasteiger partial charge >= 0.3 is 12.1 Å². The summed E-state index contributed by atoms with van der Waals surface area (Å²) in [6, 6.07) is 17.5. The lowest BCUT2D eigenvalue weighted by atomic mass is 9.98. The highest BCUT2D eigenvalue weighted by Gasteiger charge is 2.32. The van der Waals surface area contributed by atoms with E-state index in [-0.39, 0.29) is 5.56 Å². The van der Waals surface area contributed by atoms with Crippen LogP contribution in [0.5, 0.6) is 0 Å². The first-order valence-electron chi connectivity index (χ1n) is 9.21. The summed E-state index contributed by atoms with van der Waals surface area (Å²) in [7, 11) is 0. The molecule has 0 aliphatic heterocycles. The third kappa shape index (κ3) is 4.95. The van der Waals surface area contributed by atoms with Gasteiger partial charge in [-0.1, -0.05) is 65.7 Å². The zero-order chi connectivity index (χ0) is 21.9. The first-order valence-corrected chi connectivity index (χ1v) is 9.21. The summed E-state index contributed by atoms with van der Waals surface area (Å²) in [4.78, 5) is 25.7. The van der Waals surface area contributed by atoms with Crippen LogP contribution in [0.3, 0.4) is 0 Å². The number of Topliss-reactive ketones (excluding diaryl/α,β-unsaturated/α-hetero) is 1. The van der Waals surface area contributed by atoms with Crippen LogP contribution in [0.1, 0.15) is 49.1 Å². The molecule has 0 radical (unpaired) electrons. The summed E-state index contributed by atoms with van der Waals surface area (Å²) in [5, 5.41) is 0. The van der Waals surface area contributed by atoms with Crippen molar-refractivity contribution >= 4 is 11.8 Å². The van der Waals surface area contributed by atoms with Crippen LogP contribution >= 0.6 is 0 Å². The lowest BCUT2D eigenvalue weighted by Gasteiger charge is -2.18. The minimum Gasteiger partial charge on any atom is -0.445 e. The van der Waals surface area contributed by atoms with E-state index in [1.165, 1.54) is 6.07 Å². The fraction of sp³-hybridized carbons (Fsp3) is 0.167. The number of aryl methyl sites for hydroxylation is 2. The molecule has 0 amide bonds. The zero-order valence-corrected chi connectivity index (χ0v) is 16.4. The van der Waals surface area contributed by atoms with Gasteiger partial charge in [-0.15, -0.1) is 0 Å². The van der Waals surface area contributed by atoms with Gasteiger partial charge in [0.05, 0.1) is 11.1 Å². The van der Waals surface area contributed by atoms with Gasteiger partial charge < -0.3 is 4.74 Å². The lowest BCUT2D eigenvalue weighted by Crippen LogP contribution is -2.21. The third-order valence-electron chi connectivity index (χ3n) is 4.60. The molecule has 0 saturated heterocycles. The second-order valence-corrected chi connectivity index (χ2v) is 7.00. The summed E-state index contributed by atoms with van der Waals surface area (Å²) >= 11 is 0. The summed E-state index contributed by atoms with van der Waals surface area (Å²) in [5.74, 6) is -1.47. The Hall–Kier alpha value is -3.41. The van der Waals surface area contributed by atoms with Crippen LogP contribution in [-0.2, 0) is 10.9 Å². The minimum atomic E-state index is -4.59. The molecule has 3 rings (SSSR count). The largest absolute Gasteiger partial charge is 0.445 e. The molecule has 0 fully saturated rings. The van der Waals surface area contributed by atoms with E-state index in [1.807, 2.05) is 13.8 Å².